The largest absolute Gasteiger partial charge is 0.416 e. The predicted molar refractivity (Wildman–Crippen MR) is 128 cm³/mol. The molecule has 2 aliphatic heterocycles. The fraction of sp³-hybridized carbons (Fsp3) is 0.519. The van der Waals surface area contributed by atoms with E-state index in [9.17, 15) is 23.1 Å². The van der Waals surface area contributed by atoms with Gasteiger partial charge in [0.1, 0.15) is 0 Å². The van der Waals surface area contributed by atoms with E-state index in [1.54, 1.807) is 0 Å². The molecule has 0 aliphatic carbocycles. The van der Waals surface area contributed by atoms with E-state index in [4.69, 9.17) is 9.47 Å². The molecule has 0 aromatic heterocycles. The van der Waals surface area contributed by atoms with Crippen LogP contribution in [0.2, 0.25) is 0 Å². The molecule has 0 unspecified atom stereocenters. The molecular weight excluding hydrogens is 473 g/mol. The Hall–Kier alpha value is -2.46. The highest BCUT2D eigenvalue weighted by molar-refractivity contribution is 5.76. The summed E-state index contributed by atoms with van der Waals surface area (Å²) in [5.74, 6) is -0.0572. The molecule has 36 heavy (non-hydrogen) atoms. The second-order valence-electron chi connectivity index (χ2n) is 9.55. The minimum atomic E-state index is -4.38. The summed E-state index contributed by atoms with van der Waals surface area (Å²) in [4.78, 5) is 14.6. The van der Waals surface area contributed by atoms with Gasteiger partial charge in [-0.3, -0.25) is 9.69 Å². The Morgan fingerprint density at radius 1 is 1.03 bits per heavy atom. The fourth-order valence-electron chi connectivity index (χ4n) is 4.93. The lowest BCUT2D eigenvalue weighted by Gasteiger charge is -2.44. The van der Waals surface area contributed by atoms with Gasteiger partial charge in [-0.15, -0.1) is 0 Å². The maximum Gasteiger partial charge on any atom is 0.416 e. The molecule has 6 nitrogen and oxygen atoms in total. The monoisotopic (exact) mass is 506 g/mol. The van der Waals surface area contributed by atoms with Gasteiger partial charge in [-0.05, 0) is 42.5 Å². The van der Waals surface area contributed by atoms with Crippen LogP contribution in [0.15, 0.2) is 54.6 Å². The van der Waals surface area contributed by atoms with Crippen molar-refractivity contribution in [3.63, 3.8) is 0 Å². The number of aliphatic hydroxyl groups excluding tert-OH is 1. The SMILES string of the molecule is O=C(C[C@@H]1CC[C@H]2[C@@H](COC[C@H](O)CN2Cc2ccc(C(F)(F)F)cc2)O1)NCCc1ccccc1. The second-order valence-corrected chi connectivity index (χ2v) is 9.55. The third kappa shape index (κ3) is 7.52. The Balaban J connectivity index is 1.32. The molecule has 0 saturated carbocycles. The van der Waals surface area contributed by atoms with Gasteiger partial charge in [-0.2, -0.15) is 13.2 Å². The number of benzene rings is 2. The zero-order chi connectivity index (χ0) is 25.5. The molecule has 4 rings (SSSR count). The maximum atomic E-state index is 12.9. The average molecular weight is 507 g/mol. The number of halogens is 3. The van der Waals surface area contributed by atoms with Gasteiger partial charge in [0.2, 0.25) is 5.91 Å². The van der Waals surface area contributed by atoms with Crippen LogP contribution in [0.4, 0.5) is 13.2 Å². The summed E-state index contributed by atoms with van der Waals surface area (Å²) in [5, 5.41) is 13.3. The van der Waals surface area contributed by atoms with Crippen LogP contribution in [0.1, 0.15) is 36.0 Å². The zero-order valence-electron chi connectivity index (χ0n) is 20.1. The Morgan fingerprint density at radius 3 is 2.50 bits per heavy atom. The van der Waals surface area contributed by atoms with Crippen LogP contribution >= 0.6 is 0 Å². The van der Waals surface area contributed by atoms with Gasteiger partial charge >= 0.3 is 6.18 Å². The van der Waals surface area contributed by atoms with E-state index in [-0.39, 0.29) is 43.8 Å². The molecule has 0 bridgehead atoms. The van der Waals surface area contributed by atoms with Crippen LogP contribution in [-0.4, -0.2) is 66.6 Å². The topological polar surface area (TPSA) is 71.0 Å². The molecule has 4 atom stereocenters. The Bertz CT molecular complexity index is 971. The summed E-state index contributed by atoms with van der Waals surface area (Å²) >= 11 is 0. The highest BCUT2D eigenvalue weighted by Crippen LogP contribution is 2.31. The number of β-amino-alcohol motifs (C(OH)–C–C–N with tert-alkyl or cyclic N) is 1. The number of hydrogen-bond donors (Lipinski definition) is 2. The predicted octanol–water partition coefficient (Wildman–Crippen LogP) is 3.56. The first-order valence-electron chi connectivity index (χ1n) is 12.4. The quantitative estimate of drug-likeness (QED) is 0.601. The highest BCUT2D eigenvalue weighted by Gasteiger charge is 2.38. The molecule has 2 fully saturated rings. The minimum absolute atomic E-state index is 0.0572. The number of carbonyl (C=O) groups excluding carboxylic acids is 1. The van der Waals surface area contributed by atoms with Gasteiger partial charge < -0.3 is 19.9 Å². The summed E-state index contributed by atoms with van der Waals surface area (Å²) in [6.45, 7) is 1.72. The molecule has 9 heteroatoms. The third-order valence-electron chi connectivity index (χ3n) is 6.75. The van der Waals surface area contributed by atoms with Gasteiger partial charge in [0.25, 0.3) is 0 Å². The molecular formula is C27H33F3N2O4. The molecule has 2 aliphatic rings. The number of rotatable bonds is 7. The van der Waals surface area contributed by atoms with Crippen molar-refractivity contribution in [2.45, 2.75) is 62.8 Å². The van der Waals surface area contributed by atoms with Crippen molar-refractivity contribution in [2.75, 3.05) is 26.3 Å². The number of amides is 1. The van der Waals surface area contributed by atoms with Crippen LogP contribution in [0.5, 0.6) is 0 Å². The molecule has 2 aromatic rings. The van der Waals surface area contributed by atoms with E-state index in [0.29, 0.717) is 26.1 Å². The molecule has 2 aromatic carbocycles. The van der Waals surface area contributed by atoms with Crippen molar-refractivity contribution in [1.82, 2.24) is 10.2 Å². The summed E-state index contributed by atoms with van der Waals surface area (Å²) in [6.07, 6.45) is -3.16. The summed E-state index contributed by atoms with van der Waals surface area (Å²) < 4.78 is 50.7. The maximum absolute atomic E-state index is 12.9. The Kier molecular flexibility index (Phi) is 9.00. The summed E-state index contributed by atoms with van der Waals surface area (Å²) in [7, 11) is 0. The highest BCUT2D eigenvalue weighted by atomic mass is 19.4. The number of nitrogens with one attached hydrogen (secondary N) is 1. The lowest BCUT2D eigenvalue weighted by Crippen LogP contribution is -2.55. The van der Waals surface area contributed by atoms with Crippen molar-refractivity contribution in [2.24, 2.45) is 0 Å². The van der Waals surface area contributed by atoms with Crippen LogP contribution in [0.25, 0.3) is 0 Å². The summed E-state index contributed by atoms with van der Waals surface area (Å²) in [6, 6.07) is 15.0. The van der Waals surface area contributed by atoms with E-state index in [1.165, 1.54) is 12.1 Å². The first-order valence-corrected chi connectivity index (χ1v) is 12.4. The van der Waals surface area contributed by atoms with E-state index < -0.39 is 17.8 Å². The number of carbonyl (C=O) groups is 1. The van der Waals surface area contributed by atoms with Crippen LogP contribution in [-0.2, 0) is 33.4 Å². The van der Waals surface area contributed by atoms with E-state index in [1.807, 2.05) is 30.3 Å². The van der Waals surface area contributed by atoms with Crippen LogP contribution in [0, 0.1) is 0 Å². The number of ether oxygens (including phenoxy) is 2. The molecule has 0 radical (unpaired) electrons. The standard InChI is InChI=1S/C27H33F3N2O4/c28-27(29,30)21-8-6-20(7-9-21)15-32-16-22(33)17-35-18-25-24(32)11-10-23(36-25)14-26(34)31-13-12-19-4-2-1-3-5-19/h1-9,22-25,33H,10-18H2,(H,31,34)/t22-,23+,24+,25-/m1/s1. The fourth-order valence-corrected chi connectivity index (χ4v) is 4.93. The van der Waals surface area contributed by atoms with E-state index >= 15 is 0 Å². The van der Waals surface area contributed by atoms with Crippen molar-refractivity contribution in [3.05, 3.63) is 71.3 Å². The molecule has 2 N–H and O–H groups in total. The van der Waals surface area contributed by atoms with E-state index in [2.05, 4.69) is 10.2 Å². The number of fused-ring (bicyclic) bond motifs is 1. The molecule has 0 spiro atoms. The van der Waals surface area contributed by atoms with Crippen LogP contribution < -0.4 is 5.32 Å². The molecule has 2 saturated heterocycles. The van der Waals surface area contributed by atoms with Gasteiger partial charge in [0, 0.05) is 25.7 Å². The van der Waals surface area contributed by atoms with Gasteiger partial charge in [-0.1, -0.05) is 42.5 Å². The van der Waals surface area contributed by atoms with Gasteiger partial charge in [0.15, 0.2) is 0 Å². The van der Waals surface area contributed by atoms with Gasteiger partial charge in [0.05, 0.1) is 43.5 Å². The Morgan fingerprint density at radius 2 is 1.78 bits per heavy atom. The van der Waals surface area contributed by atoms with Crippen LogP contribution in [0.3, 0.4) is 0 Å². The van der Waals surface area contributed by atoms with Crippen molar-refractivity contribution in [3.8, 4) is 0 Å². The average Bonchev–Trinajstić information content (AvgIpc) is 2.83. The second kappa shape index (κ2) is 12.2. The first-order chi connectivity index (χ1) is 17.3. The summed E-state index contributed by atoms with van der Waals surface area (Å²) in [5.41, 5.74) is 1.21. The van der Waals surface area contributed by atoms with Crippen molar-refractivity contribution >= 4 is 5.91 Å². The number of aliphatic hydroxyl groups is 1. The van der Waals surface area contributed by atoms with E-state index in [0.717, 1.165) is 36.1 Å². The molecule has 2 heterocycles. The number of nitrogens with zero attached hydrogens (tertiary/aromatic N) is 1. The minimum Gasteiger partial charge on any atom is -0.389 e. The molecule has 1 amide bonds. The van der Waals surface area contributed by atoms with Crippen molar-refractivity contribution in [1.29, 1.82) is 0 Å². The lowest BCUT2D eigenvalue weighted by atomic mass is 9.94. The third-order valence-corrected chi connectivity index (χ3v) is 6.75. The lowest BCUT2D eigenvalue weighted by molar-refractivity contribution is -0.158. The Labute approximate surface area is 209 Å². The van der Waals surface area contributed by atoms with Gasteiger partial charge in [-0.25, -0.2) is 0 Å². The number of hydrogen-bond acceptors (Lipinski definition) is 5. The van der Waals surface area contributed by atoms with Crippen molar-refractivity contribution < 1.29 is 32.5 Å². The zero-order valence-corrected chi connectivity index (χ0v) is 20.1. The normalized spacial score (nSPS) is 25.4. The number of alkyl halides is 3. The smallest absolute Gasteiger partial charge is 0.389 e. The molecule has 196 valence electrons. The first kappa shape index (κ1) is 26.6.